The van der Waals surface area contributed by atoms with Crippen LogP contribution in [0.4, 0.5) is 0 Å². The van der Waals surface area contributed by atoms with Crippen LogP contribution in [-0.4, -0.2) is 70.6 Å². The summed E-state index contributed by atoms with van der Waals surface area (Å²) in [6.07, 6.45) is 5.12. The van der Waals surface area contributed by atoms with Gasteiger partial charge in [-0.25, -0.2) is 0 Å². The van der Waals surface area contributed by atoms with Gasteiger partial charge in [-0.05, 0) is 38.7 Å². The van der Waals surface area contributed by atoms with Crippen LogP contribution in [0.25, 0.3) is 0 Å². The summed E-state index contributed by atoms with van der Waals surface area (Å²) in [5, 5.41) is 29.3. The Morgan fingerprint density at radius 3 is 2.53 bits per heavy atom. The zero-order valence-electron chi connectivity index (χ0n) is 20.5. The second kappa shape index (κ2) is 11.3. The Hall–Kier alpha value is -1.25. The largest absolute Gasteiger partial charge is 0.481 e. The summed E-state index contributed by atoms with van der Waals surface area (Å²) in [6.45, 7) is 11.9. The number of hydrogen-bond donors (Lipinski definition) is 3. The molecule has 0 amide bonds. The molecule has 0 spiro atoms. The molecule has 2 aliphatic heterocycles. The van der Waals surface area contributed by atoms with Crippen molar-refractivity contribution in [1.82, 2.24) is 0 Å². The fourth-order valence-corrected chi connectivity index (χ4v) is 5.23. The summed E-state index contributed by atoms with van der Waals surface area (Å²) in [5.74, 6) is -0.632. The molecule has 2 fully saturated rings. The van der Waals surface area contributed by atoms with Gasteiger partial charge in [0.25, 0.3) is 0 Å². The molecule has 0 radical (unpaired) electrons. The van der Waals surface area contributed by atoms with Crippen molar-refractivity contribution in [3.63, 3.8) is 0 Å². The number of carboxylic acids is 1. The molecule has 2 rings (SSSR count). The van der Waals surface area contributed by atoms with Crippen molar-refractivity contribution in [2.45, 2.75) is 103 Å². The van der Waals surface area contributed by atoms with Crippen molar-refractivity contribution in [2.24, 2.45) is 17.8 Å². The van der Waals surface area contributed by atoms with Crippen molar-refractivity contribution in [3.8, 4) is 0 Å². The van der Waals surface area contributed by atoms with E-state index in [1.54, 1.807) is 14.0 Å². The quantitative estimate of drug-likeness (QED) is 0.324. The van der Waals surface area contributed by atoms with Crippen LogP contribution in [0.3, 0.4) is 0 Å². The zero-order valence-corrected chi connectivity index (χ0v) is 20.5. The van der Waals surface area contributed by atoms with E-state index in [1.165, 1.54) is 0 Å². The van der Waals surface area contributed by atoms with Crippen molar-refractivity contribution in [1.29, 1.82) is 0 Å². The maximum Gasteiger partial charge on any atom is 0.305 e. The predicted octanol–water partition coefficient (Wildman–Crippen LogP) is 3.33. The maximum atomic E-state index is 11.0. The molecule has 3 N–H and O–H groups in total. The van der Waals surface area contributed by atoms with Crippen LogP contribution in [0.1, 0.15) is 60.8 Å². The molecule has 10 atom stereocenters. The maximum absolute atomic E-state index is 11.0. The van der Waals surface area contributed by atoms with E-state index in [9.17, 15) is 15.0 Å². The first-order chi connectivity index (χ1) is 14.9. The van der Waals surface area contributed by atoms with E-state index in [0.29, 0.717) is 6.42 Å². The molecule has 32 heavy (non-hydrogen) atoms. The Bertz CT molecular complexity index is 688. The lowest BCUT2D eigenvalue weighted by Gasteiger charge is -2.38. The highest BCUT2D eigenvalue weighted by molar-refractivity contribution is 5.67. The lowest BCUT2D eigenvalue weighted by molar-refractivity contribution is -0.150. The van der Waals surface area contributed by atoms with Gasteiger partial charge in [-0.1, -0.05) is 39.0 Å². The van der Waals surface area contributed by atoms with E-state index in [1.807, 2.05) is 26.0 Å². The Morgan fingerprint density at radius 1 is 1.31 bits per heavy atom. The number of methoxy groups -OCH3 is 1. The second-order valence-electron chi connectivity index (χ2n) is 10.1. The minimum absolute atomic E-state index is 0.0549. The van der Waals surface area contributed by atoms with Gasteiger partial charge in [0, 0.05) is 25.4 Å². The molecular formula is C25H42O7. The number of epoxide rings is 1. The number of ether oxygens (including phenoxy) is 3. The molecule has 7 heteroatoms. The second-order valence-corrected chi connectivity index (χ2v) is 10.1. The van der Waals surface area contributed by atoms with Crippen molar-refractivity contribution < 1.29 is 34.3 Å². The molecule has 184 valence electrons. The monoisotopic (exact) mass is 454 g/mol. The van der Waals surface area contributed by atoms with Gasteiger partial charge in [0.1, 0.15) is 0 Å². The van der Waals surface area contributed by atoms with Gasteiger partial charge in [-0.3, -0.25) is 4.79 Å². The molecule has 2 saturated heterocycles. The molecule has 4 unspecified atom stereocenters. The van der Waals surface area contributed by atoms with Crippen LogP contribution in [0.15, 0.2) is 23.8 Å². The van der Waals surface area contributed by atoms with Gasteiger partial charge in [-0.15, -0.1) is 0 Å². The SMILES string of the molecule is COC(C(C)O)C(C)[C@H]1O[C@]1(C)CC(C)/C=C/C=C(\C)[C@H]1O[C@@H](CC(=O)O)C[C@@H](O)[C@@H]1C. The first-order valence-corrected chi connectivity index (χ1v) is 11.7. The van der Waals surface area contributed by atoms with Crippen LogP contribution in [-0.2, 0) is 19.0 Å². The summed E-state index contributed by atoms with van der Waals surface area (Å²) in [4.78, 5) is 11.0. The van der Waals surface area contributed by atoms with Crippen LogP contribution in [0.2, 0.25) is 0 Å². The summed E-state index contributed by atoms with van der Waals surface area (Å²) < 4.78 is 17.5. The molecule has 2 aliphatic rings. The Labute approximate surface area is 192 Å². The van der Waals surface area contributed by atoms with Crippen LogP contribution in [0, 0.1) is 17.8 Å². The van der Waals surface area contributed by atoms with E-state index in [2.05, 4.69) is 26.8 Å². The Balaban J connectivity index is 1.93. The predicted molar refractivity (Wildman–Crippen MR) is 122 cm³/mol. The number of rotatable bonds is 11. The number of aliphatic hydroxyl groups is 2. The van der Waals surface area contributed by atoms with Gasteiger partial charge in [0.2, 0.25) is 0 Å². The number of aliphatic hydroxyl groups excluding tert-OH is 2. The number of carboxylic acid groups (broad SMARTS) is 1. The summed E-state index contributed by atoms with van der Waals surface area (Å²) in [6, 6.07) is 0. The van der Waals surface area contributed by atoms with E-state index in [0.717, 1.165) is 12.0 Å². The lowest BCUT2D eigenvalue weighted by Crippen LogP contribution is -2.44. The fourth-order valence-electron chi connectivity index (χ4n) is 5.23. The van der Waals surface area contributed by atoms with Crippen LogP contribution in [0.5, 0.6) is 0 Å². The molecule has 0 aliphatic carbocycles. The average molecular weight is 455 g/mol. The van der Waals surface area contributed by atoms with Crippen LogP contribution >= 0.6 is 0 Å². The third-order valence-electron chi connectivity index (χ3n) is 6.99. The molecule has 2 heterocycles. The van der Waals surface area contributed by atoms with Crippen molar-refractivity contribution in [3.05, 3.63) is 23.8 Å². The van der Waals surface area contributed by atoms with Gasteiger partial charge in [-0.2, -0.15) is 0 Å². The highest BCUT2D eigenvalue weighted by atomic mass is 16.6. The zero-order chi connectivity index (χ0) is 24.2. The minimum atomic E-state index is -0.917. The van der Waals surface area contributed by atoms with Crippen molar-refractivity contribution >= 4 is 5.97 Å². The smallest absolute Gasteiger partial charge is 0.305 e. The molecule has 0 bridgehead atoms. The van der Waals surface area contributed by atoms with Gasteiger partial charge in [0.15, 0.2) is 0 Å². The highest BCUT2D eigenvalue weighted by Gasteiger charge is 2.56. The molecule has 7 nitrogen and oxygen atoms in total. The highest BCUT2D eigenvalue weighted by Crippen LogP contribution is 2.47. The first kappa shape index (κ1) is 27.0. The summed E-state index contributed by atoms with van der Waals surface area (Å²) in [5.41, 5.74) is 0.735. The summed E-state index contributed by atoms with van der Waals surface area (Å²) in [7, 11) is 1.62. The number of allylic oxidation sites excluding steroid dienone is 3. The van der Waals surface area contributed by atoms with Crippen molar-refractivity contribution in [2.75, 3.05) is 7.11 Å². The van der Waals surface area contributed by atoms with Gasteiger partial charge in [0.05, 0.1) is 48.6 Å². The van der Waals surface area contributed by atoms with E-state index in [4.69, 9.17) is 19.3 Å². The average Bonchev–Trinajstić information content (AvgIpc) is 3.34. The third-order valence-corrected chi connectivity index (χ3v) is 6.99. The standard InChI is InChI=1S/C25H42O7/c1-14(13-25(6)24(32-25)17(4)23(30-7)18(5)26)9-8-10-15(2)22-16(3)20(27)11-19(31-22)12-21(28)29/h8-10,14,16-20,22-24,26-27H,11-13H2,1-7H3,(H,28,29)/b9-8+,15-10+/t14?,16-,17?,18?,19+,20+,22+,23?,24+,25+/m0/s1. The number of carbonyl (C=O) groups is 1. The Morgan fingerprint density at radius 2 is 1.97 bits per heavy atom. The van der Waals surface area contributed by atoms with E-state index >= 15 is 0 Å². The molecule has 0 saturated carbocycles. The molecule has 0 aromatic rings. The normalized spacial score (nSPS) is 37.2. The van der Waals surface area contributed by atoms with Crippen LogP contribution < -0.4 is 0 Å². The Kier molecular flexibility index (Phi) is 9.49. The summed E-state index contributed by atoms with van der Waals surface area (Å²) >= 11 is 0. The topological polar surface area (TPSA) is 109 Å². The number of aliphatic carboxylic acids is 1. The van der Waals surface area contributed by atoms with E-state index in [-0.39, 0.29) is 48.1 Å². The van der Waals surface area contributed by atoms with Gasteiger partial charge >= 0.3 is 5.97 Å². The molecule has 0 aromatic carbocycles. The third kappa shape index (κ3) is 6.87. The first-order valence-electron chi connectivity index (χ1n) is 11.7. The molecule has 0 aromatic heterocycles. The fraction of sp³-hybridized carbons (Fsp3) is 0.800. The number of hydrogen-bond acceptors (Lipinski definition) is 6. The lowest BCUT2D eigenvalue weighted by atomic mass is 9.85. The van der Waals surface area contributed by atoms with Gasteiger partial charge < -0.3 is 29.5 Å². The minimum Gasteiger partial charge on any atom is -0.481 e. The molecular weight excluding hydrogens is 412 g/mol. The van der Waals surface area contributed by atoms with E-state index < -0.39 is 24.3 Å².